The van der Waals surface area contributed by atoms with Crippen molar-refractivity contribution in [2.24, 2.45) is 35.5 Å². The van der Waals surface area contributed by atoms with Crippen molar-refractivity contribution in [1.29, 1.82) is 0 Å². The molecular weight excluding hydrogens is 564 g/mol. The number of esters is 3. The Morgan fingerprint density at radius 2 is 1.86 bits per heavy atom. The Morgan fingerprint density at radius 1 is 1.14 bits per heavy atom. The molecule has 3 aliphatic heterocycles. The van der Waals surface area contributed by atoms with Crippen LogP contribution in [0.3, 0.4) is 0 Å². The van der Waals surface area contributed by atoms with E-state index in [0.29, 0.717) is 0 Å². The maximum Gasteiger partial charge on any atom is 0.337 e. The van der Waals surface area contributed by atoms with Gasteiger partial charge in [0.25, 0.3) is 0 Å². The van der Waals surface area contributed by atoms with E-state index in [1.165, 1.54) is 13.2 Å². The molecule has 0 aromatic carbocycles. The molecule has 1 aliphatic carbocycles. The first kappa shape index (κ1) is 32.3. The molecule has 15 nitrogen and oxygen atoms in total. The van der Waals surface area contributed by atoms with Crippen LogP contribution in [0.1, 0.15) is 19.8 Å². The molecule has 0 bridgehead atoms. The van der Waals surface area contributed by atoms with Crippen molar-refractivity contribution in [3.63, 3.8) is 0 Å². The molecule has 0 aromatic rings. The van der Waals surface area contributed by atoms with E-state index in [1.54, 1.807) is 0 Å². The summed E-state index contributed by atoms with van der Waals surface area (Å²) in [5.41, 5.74) is -0.0689. The van der Waals surface area contributed by atoms with E-state index in [9.17, 15) is 45.0 Å². The van der Waals surface area contributed by atoms with Crippen molar-refractivity contribution in [3.8, 4) is 0 Å². The Kier molecular flexibility index (Phi) is 10.3. The number of carbonyl (C=O) groups is 3. The van der Waals surface area contributed by atoms with Crippen molar-refractivity contribution < 1.29 is 73.4 Å². The number of hydrogen-bond donors (Lipinski definition) is 6. The molecule has 6 N–H and O–H groups in total. The van der Waals surface area contributed by atoms with Crippen LogP contribution in [0.4, 0.5) is 0 Å². The summed E-state index contributed by atoms with van der Waals surface area (Å²) in [5.74, 6) is -6.30. The lowest BCUT2D eigenvalue weighted by molar-refractivity contribution is -0.339. The molecule has 3 heterocycles. The Balaban J connectivity index is 1.51. The summed E-state index contributed by atoms with van der Waals surface area (Å²) < 4.78 is 32.5. The van der Waals surface area contributed by atoms with Crippen LogP contribution in [0.15, 0.2) is 24.5 Å². The minimum absolute atomic E-state index is 0.0624. The monoisotopic (exact) mass is 602 g/mol. The summed E-state index contributed by atoms with van der Waals surface area (Å²) in [6, 6.07) is 0. The van der Waals surface area contributed by atoms with E-state index in [-0.39, 0.29) is 36.9 Å². The van der Waals surface area contributed by atoms with Crippen LogP contribution in [0.25, 0.3) is 0 Å². The predicted octanol–water partition coefficient (Wildman–Crippen LogP) is -2.31. The van der Waals surface area contributed by atoms with Crippen LogP contribution in [0, 0.1) is 35.5 Å². The third-order valence-corrected chi connectivity index (χ3v) is 8.73. The molecule has 0 spiro atoms. The molecule has 0 amide bonds. The second kappa shape index (κ2) is 13.3. The first-order valence-electron chi connectivity index (χ1n) is 13.7. The van der Waals surface area contributed by atoms with Gasteiger partial charge in [-0.2, -0.15) is 0 Å². The van der Waals surface area contributed by atoms with Crippen molar-refractivity contribution >= 4 is 17.9 Å². The van der Waals surface area contributed by atoms with Gasteiger partial charge in [-0.3, -0.25) is 9.59 Å². The van der Waals surface area contributed by atoms with Gasteiger partial charge in [-0.15, -0.1) is 6.58 Å². The first-order valence-corrected chi connectivity index (χ1v) is 13.7. The third kappa shape index (κ3) is 6.19. The number of carbonyl (C=O) groups excluding carboxylic acids is 3. The van der Waals surface area contributed by atoms with Crippen LogP contribution < -0.4 is 0 Å². The fourth-order valence-electron chi connectivity index (χ4n) is 6.32. The average Bonchev–Trinajstić information content (AvgIpc) is 3.26. The molecule has 0 aromatic heterocycles. The summed E-state index contributed by atoms with van der Waals surface area (Å²) in [4.78, 5) is 38.1. The van der Waals surface area contributed by atoms with Gasteiger partial charge < -0.3 is 59.1 Å². The lowest BCUT2D eigenvalue weighted by Gasteiger charge is -2.43. The quantitative estimate of drug-likeness (QED) is 0.0536. The van der Waals surface area contributed by atoms with E-state index in [1.807, 2.05) is 6.92 Å². The molecule has 3 fully saturated rings. The number of methoxy groups -OCH3 is 1. The Hall–Kier alpha value is -2.63. The molecule has 42 heavy (non-hydrogen) atoms. The average molecular weight is 603 g/mol. The summed E-state index contributed by atoms with van der Waals surface area (Å²) >= 11 is 0. The molecule has 15 heteroatoms. The molecule has 1 unspecified atom stereocenters. The van der Waals surface area contributed by atoms with E-state index >= 15 is 0 Å². The van der Waals surface area contributed by atoms with Crippen molar-refractivity contribution in [2.75, 3.05) is 20.3 Å². The maximum atomic E-state index is 13.5. The molecular formula is C27H38O15. The zero-order chi connectivity index (χ0) is 30.9. The second-order valence-corrected chi connectivity index (χ2v) is 11.0. The van der Waals surface area contributed by atoms with Crippen LogP contribution in [-0.4, -0.2) is 118 Å². The number of ether oxygens (including phenoxy) is 6. The second-order valence-electron chi connectivity index (χ2n) is 11.0. The summed E-state index contributed by atoms with van der Waals surface area (Å²) in [5, 5.41) is 59.6. The topological polar surface area (TPSA) is 228 Å². The molecule has 13 atom stereocenters. The highest BCUT2D eigenvalue weighted by atomic mass is 16.8. The van der Waals surface area contributed by atoms with Crippen LogP contribution in [-0.2, 0) is 42.8 Å². The number of hydrogen-bond acceptors (Lipinski definition) is 15. The van der Waals surface area contributed by atoms with Gasteiger partial charge in [0.15, 0.2) is 18.5 Å². The van der Waals surface area contributed by atoms with E-state index in [0.717, 1.165) is 6.26 Å². The largest absolute Gasteiger partial charge is 0.471 e. The minimum Gasteiger partial charge on any atom is -0.471 e. The fourth-order valence-corrected chi connectivity index (χ4v) is 6.32. The highest BCUT2D eigenvalue weighted by molar-refractivity contribution is 5.96. The lowest BCUT2D eigenvalue weighted by Crippen LogP contribution is -2.60. The third-order valence-electron chi connectivity index (χ3n) is 8.73. The standard InChI is InChI=1S/C27H38O15/c1-4-11-12(6-18(29)30)15(9-39-26(11)42-27-22(33)21(32)20(31)17(7-28)41-27)23(34)40-16-5-13-14(10(16)2)8-38-25(36)19(13)24(35)37-3/h4,9-14,16-22,26-33H,1,5-8H2,2-3H3/t10-,11-,12+,13+,14-,16+,17-,19?,20-,21+,22-,26+,27+/m1/s1. The summed E-state index contributed by atoms with van der Waals surface area (Å²) in [6.45, 7) is 4.93. The zero-order valence-corrected chi connectivity index (χ0v) is 23.1. The van der Waals surface area contributed by atoms with Crippen molar-refractivity contribution in [3.05, 3.63) is 24.5 Å². The van der Waals surface area contributed by atoms with Gasteiger partial charge in [-0.05, 0) is 18.3 Å². The number of fused-ring (bicyclic) bond motifs is 1. The SMILES string of the molecule is C=C[C@H]1[C@H](O[C@@H]2O[C@H](CO)[C@@H](O)[C@H](O)[C@H]2O)OC=C(C(=O)O[C@H]2C[C@@H]3C(C(=O)OC)C(=O)OC[C@@H]3[C@H]2C)[C@H]1CC(O)O. The van der Waals surface area contributed by atoms with E-state index < -0.39 is 97.6 Å². The molecule has 4 rings (SSSR count). The van der Waals surface area contributed by atoms with Gasteiger partial charge in [0.1, 0.15) is 30.5 Å². The normalized spacial score (nSPS) is 41.7. The van der Waals surface area contributed by atoms with Gasteiger partial charge in [0.2, 0.25) is 6.29 Å². The summed E-state index contributed by atoms with van der Waals surface area (Å²) in [7, 11) is 1.17. The van der Waals surface area contributed by atoms with E-state index in [4.69, 9.17) is 28.4 Å². The first-order chi connectivity index (χ1) is 19.9. The Bertz CT molecular complexity index is 1030. The Morgan fingerprint density at radius 3 is 2.48 bits per heavy atom. The van der Waals surface area contributed by atoms with Gasteiger partial charge in [0.05, 0.1) is 32.2 Å². The number of cyclic esters (lactones) is 1. The van der Waals surface area contributed by atoms with Gasteiger partial charge in [-0.1, -0.05) is 13.0 Å². The van der Waals surface area contributed by atoms with Crippen LogP contribution in [0.5, 0.6) is 0 Å². The van der Waals surface area contributed by atoms with Gasteiger partial charge in [0, 0.05) is 24.2 Å². The molecule has 4 aliphatic rings. The smallest absolute Gasteiger partial charge is 0.337 e. The fraction of sp³-hybridized carbons (Fsp3) is 0.741. The molecule has 0 radical (unpaired) electrons. The number of aliphatic hydroxyl groups is 6. The lowest BCUT2D eigenvalue weighted by atomic mass is 9.80. The highest BCUT2D eigenvalue weighted by Gasteiger charge is 2.55. The molecule has 1 saturated carbocycles. The predicted molar refractivity (Wildman–Crippen MR) is 135 cm³/mol. The maximum absolute atomic E-state index is 13.5. The molecule has 236 valence electrons. The Labute approximate surface area is 241 Å². The number of aliphatic hydroxyl groups excluding tert-OH is 5. The summed E-state index contributed by atoms with van der Waals surface area (Å²) in [6.07, 6.45) is -9.53. The van der Waals surface area contributed by atoms with Gasteiger partial charge >= 0.3 is 17.9 Å². The minimum atomic E-state index is -1.86. The molecule has 2 saturated heterocycles. The van der Waals surface area contributed by atoms with Gasteiger partial charge in [-0.25, -0.2) is 4.79 Å². The zero-order valence-electron chi connectivity index (χ0n) is 23.1. The number of rotatable bonds is 9. The van der Waals surface area contributed by atoms with Crippen molar-refractivity contribution in [1.82, 2.24) is 0 Å². The van der Waals surface area contributed by atoms with E-state index in [2.05, 4.69) is 6.58 Å². The van der Waals surface area contributed by atoms with Crippen molar-refractivity contribution in [2.45, 2.75) is 69.2 Å². The van der Waals surface area contributed by atoms with Crippen LogP contribution >= 0.6 is 0 Å². The van der Waals surface area contributed by atoms with Crippen LogP contribution in [0.2, 0.25) is 0 Å². The highest BCUT2D eigenvalue weighted by Crippen LogP contribution is 2.47.